The third kappa shape index (κ3) is 3.88. The van der Waals surface area contributed by atoms with Gasteiger partial charge in [0.25, 0.3) is 0 Å². The average Bonchev–Trinajstić information content (AvgIpc) is 3.25. The number of benzene rings is 1. The van der Waals surface area contributed by atoms with E-state index in [2.05, 4.69) is 4.72 Å². The zero-order chi connectivity index (χ0) is 16.3. The molecule has 1 aromatic carbocycles. The Hall–Kier alpha value is -1.51. The smallest absolute Gasteiger partial charge is 0.240 e. The van der Waals surface area contributed by atoms with Gasteiger partial charge >= 0.3 is 0 Å². The first-order valence-corrected chi connectivity index (χ1v) is 10.1. The summed E-state index contributed by atoms with van der Waals surface area (Å²) in [5.41, 5.74) is 0.855. The second-order valence-corrected chi connectivity index (χ2v) is 8.65. The second kappa shape index (κ2) is 6.94. The summed E-state index contributed by atoms with van der Waals surface area (Å²) in [7, 11) is -3.52. The van der Waals surface area contributed by atoms with E-state index in [9.17, 15) is 13.5 Å². The van der Waals surface area contributed by atoms with Crippen molar-refractivity contribution < 1.29 is 13.5 Å². The number of thiophene rings is 2. The molecule has 23 heavy (non-hydrogen) atoms. The molecule has 4 nitrogen and oxygen atoms in total. The first-order valence-electron chi connectivity index (χ1n) is 6.90. The number of aliphatic hydroxyl groups excluding tert-OH is 1. The minimum atomic E-state index is -3.52. The number of aliphatic hydroxyl groups is 1. The van der Waals surface area contributed by atoms with Crippen LogP contribution in [0.4, 0.5) is 0 Å². The molecule has 0 aliphatic rings. The number of sulfonamides is 1. The van der Waals surface area contributed by atoms with Crippen LogP contribution in [0, 0.1) is 0 Å². The van der Waals surface area contributed by atoms with Crippen molar-refractivity contribution in [3.63, 3.8) is 0 Å². The molecule has 0 amide bonds. The molecule has 1 atom stereocenters. The summed E-state index contributed by atoms with van der Waals surface area (Å²) in [6.45, 7) is 0.207. The zero-order valence-corrected chi connectivity index (χ0v) is 14.5. The van der Waals surface area contributed by atoms with Crippen molar-refractivity contribution in [2.75, 3.05) is 0 Å². The Bertz CT molecular complexity index is 855. The van der Waals surface area contributed by atoms with Crippen LogP contribution in [-0.4, -0.2) is 13.5 Å². The van der Waals surface area contributed by atoms with E-state index in [1.807, 2.05) is 29.0 Å². The Morgan fingerprint density at radius 3 is 2.57 bits per heavy atom. The Kier molecular flexibility index (Phi) is 4.93. The molecular weight excluding hydrogens is 350 g/mol. The van der Waals surface area contributed by atoms with Crippen molar-refractivity contribution in [1.29, 1.82) is 0 Å². The van der Waals surface area contributed by atoms with E-state index < -0.39 is 16.1 Å². The fourth-order valence-electron chi connectivity index (χ4n) is 2.08. The highest BCUT2D eigenvalue weighted by Gasteiger charge is 2.16. The molecule has 2 heterocycles. The summed E-state index contributed by atoms with van der Waals surface area (Å²) >= 11 is 2.94. The van der Waals surface area contributed by atoms with E-state index in [0.29, 0.717) is 0 Å². The number of rotatable bonds is 6. The van der Waals surface area contributed by atoms with E-state index in [0.717, 1.165) is 15.3 Å². The van der Waals surface area contributed by atoms with Crippen LogP contribution in [-0.2, 0) is 16.6 Å². The summed E-state index contributed by atoms with van der Waals surface area (Å²) in [4.78, 5) is 1.90. The molecule has 3 rings (SSSR count). The minimum absolute atomic E-state index is 0.207. The van der Waals surface area contributed by atoms with Gasteiger partial charge in [-0.2, -0.15) is 11.3 Å². The van der Waals surface area contributed by atoms with Crippen LogP contribution < -0.4 is 4.72 Å². The normalized spacial score (nSPS) is 13.1. The molecule has 0 saturated carbocycles. The maximum atomic E-state index is 12.2. The van der Waals surface area contributed by atoms with Gasteiger partial charge in [0.05, 0.1) is 4.90 Å². The molecule has 0 radical (unpaired) electrons. The number of hydrogen-bond acceptors (Lipinski definition) is 5. The quantitative estimate of drug-likeness (QED) is 0.704. The predicted molar refractivity (Wildman–Crippen MR) is 93.2 cm³/mol. The van der Waals surface area contributed by atoms with Gasteiger partial charge in [-0.15, -0.1) is 11.3 Å². The van der Waals surface area contributed by atoms with E-state index in [1.54, 1.807) is 30.3 Å². The minimum Gasteiger partial charge on any atom is -0.383 e. The second-order valence-electron chi connectivity index (χ2n) is 4.90. The molecule has 2 aromatic heterocycles. The number of hydrogen-bond donors (Lipinski definition) is 2. The van der Waals surface area contributed by atoms with E-state index in [4.69, 9.17) is 0 Å². The third-order valence-electron chi connectivity index (χ3n) is 3.30. The summed E-state index contributed by atoms with van der Waals surface area (Å²) in [5, 5.41) is 14.1. The van der Waals surface area contributed by atoms with Gasteiger partial charge in [-0.1, -0.05) is 18.2 Å². The van der Waals surface area contributed by atoms with Crippen molar-refractivity contribution in [3.05, 3.63) is 74.6 Å². The molecule has 7 heteroatoms. The van der Waals surface area contributed by atoms with Gasteiger partial charge in [0.2, 0.25) is 10.0 Å². The van der Waals surface area contributed by atoms with E-state index in [1.165, 1.54) is 22.7 Å². The Labute approximate surface area is 143 Å². The molecule has 0 aliphatic heterocycles. The van der Waals surface area contributed by atoms with Gasteiger partial charge in [0.1, 0.15) is 6.10 Å². The number of nitrogens with one attached hydrogen (secondary N) is 1. The zero-order valence-electron chi connectivity index (χ0n) is 12.0. The molecule has 120 valence electrons. The molecule has 0 aliphatic carbocycles. The summed E-state index contributed by atoms with van der Waals surface area (Å²) in [6.07, 6.45) is -0.661. The lowest BCUT2D eigenvalue weighted by Gasteiger charge is -2.06. The van der Waals surface area contributed by atoms with Gasteiger partial charge in [0, 0.05) is 16.3 Å². The topological polar surface area (TPSA) is 66.4 Å². The molecular formula is C16H15NO3S3. The highest BCUT2D eigenvalue weighted by molar-refractivity contribution is 7.89. The van der Waals surface area contributed by atoms with Crippen LogP contribution in [0.2, 0.25) is 0 Å². The maximum absolute atomic E-state index is 12.2. The van der Waals surface area contributed by atoms with Crippen LogP contribution in [0.1, 0.15) is 21.4 Å². The van der Waals surface area contributed by atoms with Crippen LogP contribution in [0.25, 0.3) is 0 Å². The van der Waals surface area contributed by atoms with Gasteiger partial charge in [-0.05, 0) is 46.7 Å². The fourth-order valence-corrected chi connectivity index (χ4v) is 4.85. The monoisotopic (exact) mass is 365 g/mol. The molecule has 3 aromatic rings. The average molecular weight is 366 g/mol. The summed E-state index contributed by atoms with van der Waals surface area (Å²) < 4.78 is 26.9. The van der Waals surface area contributed by atoms with Gasteiger partial charge in [0.15, 0.2) is 0 Å². The van der Waals surface area contributed by atoms with Gasteiger partial charge in [-0.3, -0.25) is 0 Å². The molecule has 0 fully saturated rings. The highest BCUT2D eigenvalue weighted by Crippen LogP contribution is 2.29. The first kappa shape index (κ1) is 16.4. The summed E-state index contributed by atoms with van der Waals surface area (Å²) in [5.74, 6) is 0. The van der Waals surface area contributed by atoms with Crippen molar-refractivity contribution in [2.24, 2.45) is 0 Å². The van der Waals surface area contributed by atoms with Crippen LogP contribution in [0.15, 0.2) is 64.2 Å². The Balaban J connectivity index is 1.68. The molecule has 0 saturated heterocycles. The standard InChI is InChI=1S/C16H15NO3S3/c18-16(12-8-9-21-11-12)15-7-6-13(22-15)10-17-23(19,20)14-4-2-1-3-5-14/h1-9,11,16-18H,10H2. The van der Waals surface area contributed by atoms with Crippen LogP contribution in [0.5, 0.6) is 0 Å². The van der Waals surface area contributed by atoms with Crippen molar-refractivity contribution in [2.45, 2.75) is 17.5 Å². The van der Waals surface area contributed by atoms with Crippen LogP contribution in [0.3, 0.4) is 0 Å². The fraction of sp³-hybridized carbons (Fsp3) is 0.125. The lowest BCUT2D eigenvalue weighted by atomic mass is 10.2. The maximum Gasteiger partial charge on any atom is 0.240 e. The largest absolute Gasteiger partial charge is 0.383 e. The molecule has 0 bridgehead atoms. The lowest BCUT2D eigenvalue weighted by Crippen LogP contribution is -2.22. The Morgan fingerprint density at radius 1 is 1.09 bits per heavy atom. The SMILES string of the molecule is O=S(=O)(NCc1ccc(C(O)c2ccsc2)s1)c1ccccc1. The third-order valence-corrected chi connectivity index (χ3v) is 6.56. The highest BCUT2D eigenvalue weighted by atomic mass is 32.2. The predicted octanol–water partition coefficient (Wildman–Crippen LogP) is 3.37. The van der Waals surface area contributed by atoms with Crippen molar-refractivity contribution in [3.8, 4) is 0 Å². The van der Waals surface area contributed by atoms with Gasteiger partial charge in [-0.25, -0.2) is 13.1 Å². The molecule has 2 N–H and O–H groups in total. The summed E-state index contributed by atoms with van der Waals surface area (Å²) in [6, 6.07) is 13.8. The van der Waals surface area contributed by atoms with Crippen molar-refractivity contribution >= 4 is 32.7 Å². The van der Waals surface area contributed by atoms with Crippen molar-refractivity contribution in [1.82, 2.24) is 4.72 Å². The van der Waals surface area contributed by atoms with Crippen LogP contribution >= 0.6 is 22.7 Å². The van der Waals surface area contributed by atoms with E-state index in [-0.39, 0.29) is 11.4 Å². The molecule has 1 unspecified atom stereocenters. The lowest BCUT2D eigenvalue weighted by molar-refractivity contribution is 0.224. The Morgan fingerprint density at radius 2 is 1.87 bits per heavy atom. The van der Waals surface area contributed by atoms with E-state index >= 15 is 0 Å². The first-order chi connectivity index (χ1) is 11.1. The van der Waals surface area contributed by atoms with Gasteiger partial charge < -0.3 is 5.11 Å². The molecule has 0 spiro atoms.